The fraction of sp³-hybridized carbons (Fsp3) is 0.917. The second-order valence-electron chi connectivity index (χ2n) is 5.53. The Balaban J connectivity index is 1.86. The van der Waals surface area contributed by atoms with Crippen LogP contribution in [0.5, 0.6) is 0 Å². The van der Waals surface area contributed by atoms with E-state index in [1.807, 2.05) is 0 Å². The summed E-state index contributed by atoms with van der Waals surface area (Å²) < 4.78 is 0. The van der Waals surface area contributed by atoms with Crippen LogP contribution in [0.25, 0.3) is 0 Å². The van der Waals surface area contributed by atoms with Crippen LogP contribution in [0.2, 0.25) is 0 Å². The molecule has 1 atom stereocenters. The molecule has 0 saturated heterocycles. The van der Waals surface area contributed by atoms with Gasteiger partial charge in [-0.15, -0.1) is 0 Å². The van der Waals surface area contributed by atoms with E-state index >= 15 is 0 Å². The van der Waals surface area contributed by atoms with Crippen LogP contribution in [-0.2, 0) is 0 Å². The predicted octanol–water partition coefficient (Wildman–Crippen LogP) is 0.674. The van der Waals surface area contributed by atoms with Gasteiger partial charge < -0.3 is 15.3 Å². The number of aliphatic imine (C=N–C) groups is 1. The summed E-state index contributed by atoms with van der Waals surface area (Å²) in [6.45, 7) is 6.92. The molecule has 1 aliphatic heterocycles. The van der Waals surface area contributed by atoms with Gasteiger partial charge in [-0.05, 0) is 18.8 Å². The van der Waals surface area contributed by atoms with Crippen molar-refractivity contribution in [3.05, 3.63) is 0 Å². The van der Waals surface area contributed by atoms with Crippen molar-refractivity contribution in [2.45, 2.75) is 32.8 Å². The molecular formula is C12H23N3O. The van der Waals surface area contributed by atoms with Crippen LogP contribution in [0.4, 0.5) is 0 Å². The van der Waals surface area contributed by atoms with Gasteiger partial charge in [0.15, 0.2) is 5.96 Å². The molecule has 0 aromatic heterocycles. The van der Waals surface area contributed by atoms with Crippen LogP contribution in [-0.4, -0.2) is 48.8 Å². The molecule has 1 fully saturated rings. The zero-order valence-corrected chi connectivity index (χ0v) is 10.5. The van der Waals surface area contributed by atoms with Gasteiger partial charge in [-0.1, -0.05) is 13.8 Å². The lowest BCUT2D eigenvalue weighted by atomic mass is 9.90. The highest BCUT2D eigenvalue weighted by atomic mass is 16.3. The average molecular weight is 225 g/mol. The van der Waals surface area contributed by atoms with Crippen LogP contribution in [0, 0.1) is 11.3 Å². The fourth-order valence-electron chi connectivity index (χ4n) is 2.42. The molecule has 2 N–H and O–H groups in total. The molecule has 0 aromatic rings. The van der Waals surface area contributed by atoms with Crippen LogP contribution < -0.4 is 5.32 Å². The number of aliphatic hydroxyl groups is 1. The molecule has 1 heterocycles. The third-order valence-electron chi connectivity index (χ3n) is 3.81. The minimum Gasteiger partial charge on any atom is -0.392 e. The number of nitrogens with zero attached hydrogens (tertiary/aromatic N) is 2. The molecule has 16 heavy (non-hydrogen) atoms. The Labute approximate surface area is 97.7 Å². The average Bonchev–Trinajstić information content (AvgIpc) is 2.93. The molecule has 4 nitrogen and oxygen atoms in total. The Kier molecular flexibility index (Phi) is 3.10. The summed E-state index contributed by atoms with van der Waals surface area (Å²) in [6.07, 6.45) is 2.08. The SMILES string of the molecule is CC(C)C(O)C1(CNC2=NCCN2C)CC1. The summed E-state index contributed by atoms with van der Waals surface area (Å²) in [5, 5.41) is 13.5. The normalized spacial score (nSPS) is 24.6. The largest absolute Gasteiger partial charge is 0.392 e. The standard InChI is InChI=1S/C12H23N3O/c1-9(2)10(16)12(4-5-12)8-14-11-13-6-7-15(11)3/h9-10,16H,4-8H2,1-3H3,(H,13,14). The van der Waals surface area contributed by atoms with Crippen LogP contribution >= 0.6 is 0 Å². The number of nitrogens with one attached hydrogen (secondary N) is 1. The Morgan fingerprint density at radius 3 is 2.62 bits per heavy atom. The van der Waals surface area contributed by atoms with E-state index in [9.17, 15) is 5.11 Å². The molecule has 4 heteroatoms. The highest BCUT2D eigenvalue weighted by Gasteiger charge is 2.49. The maximum absolute atomic E-state index is 10.2. The van der Waals surface area contributed by atoms with Gasteiger partial charge in [-0.25, -0.2) is 0 Å². The van der Waals surface area contributed by atoms with Crippen LogP contribution in [0.1, 0.15) is 26.7 Å². The molecule has 92 valence electrons. The molecule has 0 spiro atoms. The maximum Gasteiger partial charge on any atom is 0.193 e. The summed E-state index contributed by atoms with van der Waals surface area (Å²) >= 11 is 0. The predicted molar refractivity (Wildman–Crippen MR) is 65.4 cm³/mol. The summed E-state index contributed by atoms with van der Waals surface area (Å²) in [7, 11) is 2.05. The van der Waals surface area contributed by atoms with Crippen molar-refractivity contribution in [2.24, 2.45) is 16.3 Å². The van der Waals surface area contributed by atoms with Crippen molar-refractivity contribution in [3.8, 4) is 0 Å². The smallest absolute Gasteiger partial charge is 0.193 e. The molecule has 2 rings (SSSR count). The quantitative estimate of drug-likeness (QED) is 0.739. The molecule has 0 bridgehead atoms. The van der Waals surface area contributed by atoms with E-state index in [1.165, 1.54) is 0 Å². The highest BCUT2D eigenvalue weighted by Crippen LogP contribution is 2.50. The van der Waals surface area contributed by atoms with Gasteiger partial charge in [0.25, 0.3) is 0 Å². The first-order chi connectivity index (χ1) is 7.55. The lowest BCUT2D eigenvalue weighted by Gasteiger charge is -2.27. The zero-order chi connectivity index (χ0) is 11.8. The number of hydrogen-bond donors (Lipinski definition) is 2. The number of guanidine groups is 1. The Morgan fingerprint density at radius 2 is 2.19 bits per heavy atom. The minimum absolute atomic E-state index is 0.111. The maximum atomic E-state index is 10.2. The third-order valence-corrected chi connectivity index (χ3v) is 3.81. The van der Waals surface area contributed by atoms with Gasteiger partial charge in [-0.2, -0.15) is 0 Å². The Morgan fingerprint density at radius 1 is 1.50 bits per heavy atom. The molecule has 1 unspecified atom stereocenters. The van der Waals surface area contributed by atoms with E-state index < -0.39 is 0 Å². The number of hydrogen-bond acceptors (Lipinski definition) is 4. The van der Waals surface area contributed by atoms with Crippen molar-refractivity contribution in [1.29, 1.82) is 0 Å². The molecule has 1 aliphatic carbocycles. The van der Waals surface area contributed by atoms with E-state index in [1.54, 1.807) is 0 Å². The number of aliphatic hydroxyl groups excluding tert-OH is 1. The van der Waals surface area contributed by atoms with Crippen LogP contribution in [0.15, 0.2) is 4.99 Å². The number of likely N-dealkylation sites (N-methyl/N-ethyl adjacent to an activating group) is 1. The van der Waals surface area contributed by atoms with Gasteiger partial charge in [0, 0.05) is 25.6 Å². The fourth-order valence-corrected chi connectivity index (χ4v) is 2.42. The molecule has 0 amide bonds. The van der Waals surface area contributed by atoms with Crippen molar-refractivity contribution in [3.63, 3.8) is 0 Å². The van der Waals surface area contributed by atoms with Gasteiger partial charge in [0.1, 0.15) is 0 Å². The first-order valence-electron chi connectivity index (χ1n) is 6.23. The van der Waals surface area contributed by atoms with E-state index in [0.29, 0.717) is 5.92 Å². The second kappa shape index (κ2) is 4.24. The van der Waals surface area contributed by atoms with Gasteiger partial charge in [0.2, 0.25) is 0 Å². The molecule has 2 aliphatic rings. The third kappa shape index (κ3) is 2.17. The van der Waals surface area contributed by atoms with E-state index in [2.05, 4.69) is 36.1 Å². The zero-order valence-electron chi connectivity index (χ0n) is 10.5. The van der Waals surface area contributed by atoms with Crippen molar-refractivity contribution in [2.75, 3.05) is 26.7 Å². The lowest BCUT2D eigenvalue weighted by Crippen LogP contribution is -2.42. The topological polar surface area (TPSA) is 47.9 Å². The molecule has 0 aromatic carbocycles. The van der Waals surface area contributed by atoms with E-state index in [-0.39, 0.29) is 11.5 Å². The molecular weight excluding hydrogens is 202 g/mol. The highest BCUT2D eigenvalue weighted by molar-refractivity contribution is 5.81. The summed E-state index contributed by atoms with van der Waals surface area (Å²) in [4.78, 5) is 6.54. The lowest BCUT2D eigenvalue weighted by molar-refractivity contribution is 0.0523. The monoisotopic (exact) mass is 225 g/mol. The first-order valence-corrected chi connectivity index (χ1v) is 6.23. The van der Waals surface area contributed by atoms with Crippen molar-refractivity contribution in [1.82, 2.24) is 10.2 Å². The van der Waals surface area contributed by atoms with Gasteiger partial charge in [-0.3, -0.25) is 4.99 Å². The summed E-state index contributed by atoms with van der Waals surface area (Å²) in [5.74, 6) is 1.33. The molecule has 1 saturated carbocycles. The summed E-state index contributed by atoms with van der Waals surface area (Å²) in [5.41, 5.74) is 0.111. The van der Waals surface area contributed by atoms with E-state index in [4.69, 9.17) is 0 Å². The molecule has 0 radical (unpaired) electrons. The minimum atomic E-state index is -0.188. The first kappa shape index (κ1) is 11.7. The van der Waals surface area contributed by atoms with E-state index in [0.717, 1.165) is 38.4 Å². The Hall–Kier alpha value is -0.770. The van der Waals surface area contributed by atoms with Gasteiger partial charge >= 0.3 is 0 Å². The Bertz CT molecular complexity index is 284. The van der Waals surface area contributed by atoms with Crippen molar-refractivity contribution >= 4 is 5.96 Å². The van der Waals surface area contributed by atoms with Gasteiger partial charge in [0.05, 0.1) is 12.6 Å². The number of rotatable bonds is 4. The summed E-state index contributed by atoms with van der Waals surface area (Å²) in [6, 6.07) is 0. The van der Waals surface area contributed by atoms with Crippen molar-refractivity contribution < 1.29 is 5.11 Å². The van der Waals surface area contributed by atoms with Crippen LogP contribution in [0.3, 0.4) is 0 Å². The second-order valence-corrected chi connectivity index (χ2v) is 5.53.